The molecule has 0 saturated carbocycles. The fourth-order valence-electron chi connectivity index (χ4n) is 5.70. The predicted molar refractivity (Wildman–Crippen MR) is 145 cm³/mol. The number of nitrogens with zero attached hydrogens (tertiary/aromatic N) is 5. The Labute approximate surface area is 231 Å². The van der Waals surface area contributed by atoms with Crippen LogP contribution in [0.25, 0.3) is 5.57 Å². The SMILES string of the molecule is CN(C(=O)N1CC(c2cc(F)ccc2F)=C[C@@]1(CO)c1ccccc1)C1CCN(Cc2ncccn2)CC(F)C1. The number of rotatable bonds is 6. The first kappa shape index (κ1) is 27.8. The molecule has 40 heavy (non-hydrogen) atoms. The molecule has 3 heterocycles. The summed E-state index contributed by atoms with van der Waals surface area (Å²) in [6, 6.07) is 13.0. The molecule has 3 aromatic rings. The van der Waals surface area contributed by atoms with Gasteiger partial charge in [-0.15, -0.1) is 0 Å². The number of likely N-dealkylation sites (tertiary alicyclic amines) is 1. The van der Waals surface area contributed by atoms with Gasteiger partial charge in [-0.2, -0.15) is 0 Å². The molecule has 0 radical (unpaired) electrons. The molecule has 5 rings (SSSR count). The highest BCUT2D eigenvalue weighted by molar-refractivity contribution is 5.83. The summed E-state index contributed by atoms with van der Waals surface area (Å²) in [4.78, 5) is 27.5. The van der Waals surface area contributed by atoms with Crippen molar-refractivity contribution in [2.75, 3.05) is 33.3 Å². The molecule has 1 aromatic heterocycles. The third-order valence-electron chi connectivity index (χ3n) is 7.84. The van der Waals surface area contributed by atoms with E-state index in [2.05, 4.69) is 9.97 Å². The Hall–Kier alpha value is -3.76. The van der Waals surface area contributed by atoms with Gasteiger partial charge in [0.25, 0.3) is 0 Å². The quantitative estimate of drug-likeness (QED) is 0.492. The first-order valence-electron chi connectivity index (χ1n) is 13.3. The van der Waals surface area contributed by atoms with Gasteiger partial charge in [0, 0.05) is 57.1 Å². The molecular formula is C30H32F3N5O2. The van der Waals surface area contributed by atoms with Crippen molar-refractivity contribution in [1.82, 2.24) is 24.7 Å². The van der Waals surface area contributed by atoms with Gasteiger partial charge in [-0.05, 0) is 47.9 Å². The summed E-state index contributed by atoms with van der Waals surface area (Å²) >= 11 is 0. The number of hydrogen-bond acceptors (Lipinski definition) is 5. The molecular weight excluding hydrogens is 519 g/mol. The van der Waals surface area contributed by atoms with Crippen LogP contribution >= 0.6 is 0 Å². The van der Waals surface area contributed by atoms with Gasteiger partial charge >= 0.3 is 6.03 Å². The maximum absolute atomic E-state index is 15.1. The van der Waals surface area contributed by atoms with Gasteiger partial charge in [-0.3, -0.25) is 4.90 Å². The van der Waals surface area contributed by atoms with Gasteiger partial charge in [0.05, 0.1) is 13.2 Å². The minimum absolute atomic E-state index is 0.0313. The second kappa shape index (κ2) is 11.8. The Morgan fingerprint density at radius 2 is 1.88 bits per heavy atom. The summed E-state index contributed by atoms with van der Waals surface area (Å²) in [5.74, 6) is -0.624. The maximum Gasteiger partial charge on any atom is 0.321 e. The van der Waals surface area contributed by atoms with E-state index in [1.54, 1.807) is 55.8 Å². The first-order chi connectivity index (χ1) is 19.3. The van der Waals surface area contributed by atoms with Crippen LogP contribution in [0.1, 0.15) is 29.8 Å². The third kappa shape index (κ3) is 5.59. The minimum Gasteiger partial charge on any atom is -0.393 e. The Bertz CT molecular complexity index is 1360. The van der Waals surface area contributed by atoms with Crippen molar-refractivity contribution in [3.63, 3.8) is 0 Å². The van der Waals surface area contributed by atoms with E-state index in [9.17, 15) is 18.7 Å². The van der Waals surface area contributed by atoms with Crippen LogP contribution in [0.2, 0.25) is 0 Å². The second-order valence-electron chi connectivity index (χ2n) is 10.4. The van der Waals surface area contributed by atoms with E-state index in [4.69, 9.17) is 0 Å². The van der Waals surface area contributed by atoms with Crippen molar-refractivity contribution in [1.29, 1.82) is 0 Å². The number of aliphatic hydroxyl groups is 1. The molecule has 0 bridgehead atoms. The molecule has 0 aliphatic carbocycles. The highest BCUT2D eigenvalue weighted by Crippen LogP contribution is 2.41. The molecule has 1 saturated heterocycles. The Morgan fingerprint density at radius 1 is 1.12 bits per heavy atom. The number of hydrogen-bond donors (Lipinski definition) is 1. The fourth-order valence-corrected chi connectivity index (χ4v) is 5.70. The number of halogens is 3. The number of alkyl halides is 1. The standard InChI is InChI=1S/C30H32F3N5O2/c1-36(25-10-13-37(18-24(32)14-25)19-28-34-11-5-12-35-28)29(40)38-17-21(26-15-23(31)8-9-27(26)33)16-30(38,20-39)22-6-3-2-4-7-22/h2-9,11-12,15-16,24-25,39H,10,13-14,17-20H2,1H3/t24?,25?,30-/m1/s1. The van der Waals surface area contributed by atoms with E-state index in [1.165, 1.54) is 9.80 Å². The summed E-state index contributed by atoms with van der Waals surface area (Å²) in [7, 11) is 1.63. The minimum atomic E-state index is -1.31. The Balaban J connectivity index is 1.41. The lowest BCUT2D eigenvalue weighted by Gasteiger charge is -2.41. The summed E-state index contributed by atoms with van der Waals surface area (Å²) in [6.07, 6.45) is 4.45. The van der Waals surface area contributed by atoms with Crippen molar-refractivity contribution in [2.45, 2.75) is 37.1 Å². The van der Waals surface area contributed by atoms with Gasteiger partial charge in [0.2, 0.25) is 0 Å². The Morgan fingerprint density at radius 3 is 2.60 bits per heavy atom. The van der Waals surface area contributed by atoms with Crippen molar-refractivity contribution in [3.05, 3.63) is 102 Å². The third-order valence-corrected chi connectivity index (χ3v) is 7.84. The highest BCUT2D eigenvalue weighted by Gasteiger charge is 2.46. The second-order valence-corrected chi connectivity index (χ2v) is 10.4. The van der Waals surface area contributed by atoms with Crippen molar-refractivity contribution < 1.29 is 23.1 Å². The molecule has 2 unspecified atom stereocenters. The summed E-state index contributed by atoms with van der Waals surface area (Å²) in [6.45, 7) is 0.630. The number of aliphatic hydroxyl groups excluding tert-OH is 1. The van der Waals surface area contributed by atoms with E-state index in [0.717, 1.165) is 18.2 Å². The molecule has 10 heteroatoms. The smallest absolute Gasteiger partial charge is 0.321 e. The molecule has 2 aliphatic rings. The van der Waals surface area contributed by atoms with E-state index in [1.807, 2.05) is 11.0 Å². The molecule has 2 amide bonds. The monoisotopic (exact) mass is 551 g/mol. The molecule has 7 nitrogen and oxygen atoms in total. The lowest BCUT2D eigenvalue weighted by Crippen LogP contribution is -2.54. The zero-order chi connectivity index (χ0) is 28.3. The van der Waals surface area contributed by atoms with Gasteiger partial charge in [0.1, 0.15) is 29.2 Å². The largest absolute Gasteiger partial charge is 0.393 e. The average Bonchev–Trinajstić information content (AvgIpc) is 3.27. The van der Waals surface area contributed by atoms with Crippen molar-refractivity contribution in [3.8, 4) is 0 Å². The van der Waals surface area contributed by atoms with Crippen LogP contribution in [-0.4, -0.2) is 81.3 Å². The van der Waals surface area contributed by atoms with Crippen LogP contribution in [0.5, 0.6) is 0 Å². The Kier molecular flexibility index (Phi) is 8.18. The lowest BCUT2D eigenvalue weighted by molar-refractivity contribution is 0.0758. The lowest BCUT2D eigenvalue weighted by atomic mass is 9.89. The number of aromatic nitrogens is 2. The molecule has 2 aliphatic heterocycles. The zero-order valence-corrected chi connectivity index (χ0v) is 22.3. The maximum atomic E-state index is 15.1. The topological polar surface area (TPSA) is 72.8 Å². The van der Waals surface area contributed by atoms with Gasteiger partial charge in [-0.25, -0.2) is 27.9 Å². The van der Waals surface area contributed by atoms with Crippen LogP contribution in [0.4, 0.5) is 18.0 Å². The first-order valence-corrected chi connectivity index (χ1v) is 13.3. The molecule has 3 atom stereocenters. The molecule has 0 spiro atoms. The fraction of sp³-hybridized carbons (Fsp3) is 0.367. The molecule has 2 aromatic carbocycles. The summed E-state index contributed by atoms with van der Waals surface area (Å²) in [5.41, 5.74) is -0.264. The van der Waals surface area contributed by atoms with Crippen LogP contribution in [-0.2, 0) is 12.1 Å². The number of urea groups is 1. The van der Waals surface area contributed by atoms with Crippen molar-refractivity contribution >= 4 is 11.6 Å². The van der Waals surface area contributed by atoms with Crippen molar-refractivity contribution in [2.24, 2.45) is 0 Å². The van der Waals surface area contributed by atoms with E-state index in [0.29, 0.717) is 36.5 Å². The summed E-state index contributed by atoms with van der Waals surface area (Å²) in [5, 5.41) is 10.7. The number of carbonyl (C=O) groups is 1. The normalized spacial score (nSPS) is 23.5. The number of benzene rings is 2. The van der Waals surface area contributed by atoms with E-state index in [-0.39, 0.29) is 25.1 Å². The molecule has 1 N–H and O–H groups in total. The van der Waals surface area contributed by atoms with Crippen LogP contribution in [0, 0.1) is 11.6 Å². The van der Waals surface area contributed by atoms with Gasteiger partial charge in [-0.1, -0.05) is 30.3 Å². The molecule has 210 valence electrons. The number of amides is 2. The average molecular weight is 552 g/mol. The van der Waals surface area contributed by atoms with Crippen LogP contribution in [0.15, 0.2) is 73.1 Å². The number of carbonyl (C=O) groups excluding carboxylic acids is 1. The van der Waals surface area contributed by atoms with Gasteiger partial charge in [0.15, 0.2) is 0 Å². The molecule has 1 fully saturated rings. The van der Waals surface area contributed by atoms with E-state index >= 15 is 4.39 Å². The van der Waals surface area contributed by atoms with Crippen LogP contribution < -0.4 is 0 Å². The summed E-state index contributed by atoms with van der Waals surface area (Å²) < 4.78 is 44.0. The predicted octanol–water partition coefficient (Wildman–Crippen LogP) is 4.40. The van der Waals surface area contributed by atoms with Crippen LogP contribution in [0.3, 0.4) is 0 Å². The van der Waals surface area contributed by atoms with Gasteiger partial charge < -0.3 is 14.9 Å². The zero-order valence-electron chi connectivity index (χ0n) is 22.3. The highest BCUT2D eigenvalue weighted by atomic mass is 19.1. The van der Waals surface area contributed by atoms with E-state index < -0.39 is 42.0 Å².